The van der Waals surface area contributed by atoms with E-state index < -0.39 is 0 Å². The molecular weight excluding hydrogens is 124 g/mol. The zero-order valence-electron chi connectivity index (χ0n) is 7.28. The highest BCUT2D eigenvalue weighted by atomic mass is 15.3. The number of rotatable bonds is 5. The third-order valence-electron chi connectivity index (χ3n) is 1.42. The van der Waals surface area contributed by atoms with E-state index in [9.17, 15) is 0 Å². The first kappa shape index (κ1) is 9.47. The second-order valence-electron chi connectivity index (χ2n) is 2.46. The second-order valence-corrected chi connectivity index (χ2v) is 2.46. The number of nitrogens with zero attached hydrogens (tertiary/aromatic N) is 1. The molecule has 0 aliphatic carbocycles. The molecule has 0 rings (SSSR count). The Morgan fingerprint density at radius 1 is 1.40 bits per heavy atom. The third kappa shape index (κ3) is 5.60. The molecule has 10 heavy (non-hydrogen) atoms. The molecule has 2 heteroatoms. The number of unbranched alkanes of at least 4 members (excludes halogenated alkanes) is 1. The summed E-state index contributed by atoms with van der Waals surface area (Å²) in [5.41, 5.74) is 4.20. The largest absolute Gasteiger partial charge is 0.310 e. The summed E-state index contributed by atoms with van der Waals surface area (Å²) in [4.78, 5) is 0. The van der Waals surface area contributed by atoms with Gasteiger partial charge < -0.3 is 5.43 Å². The van der Waals surface area contributed by atoms with Crippen LogP contribution in [-0.4, -0.2) is 12.3 Å². The normalized spacial score (nSPS) is 11.7. The van der Waals surface area contributed by atoms with Crippen molar-refractivity contribution < 1.29 is 0 Å². The monoisotopic (exact) mass is 142 g/mol. The summed E-state index contributed by atoms with van der Waals surface area (Å²) in [5, 5.41) is 4.15. The lowest BCUT2D eigenvalue weighted by atomic mass is 10.3. The molecule has 0 aromatic rings. The fraction of sp³-hybridized carbons (Fsp3) is 0.875. The van der Waals surface area contributed by atoms with Gasteiger partial charge in [-0.1, -0.05) is 20.3 Å². The van der Waals surface area contributed by atoms with Gasteiger partial charge in [-0.05, 0) is 19.8 Å². The molecule has 0 fully saturated rings. The first-order chi connectivity index (χ1) is 4.81. The first-order valence-corrected chi connectivity index (χ1v) is 4.07. The molecule has 0 aliphatic heterocycles. The Hall–Kier alpha value is -0.530. The van der Waals surface area contributed by atoms with E-state index in [0.717, 1.165) is 13.0 Å². The summed E-state index contributed by atoms with van der Waals surface area (Å²) in [6, 6.07) is 0. The van der Waals surface area contributed by atoms with Crippen LogP contribution in [0.1, 0.15) is 40.0 Å². The molecule has 0 aromatic heterocycles. The molecule has 0 atom stereocenters. The SMILES string of the molecule is CCCCN/N=C(\C)CC. The topological polar surface area (TPSA) is 24.4 Å². The molecule has 0 aliphatic rings. The maximum absolute atomic E-state index is 4.15. The number of hydrogen-bond donors (Lipinski definition) is 1. The highest BCUT2D eigenvalue weighted by Crippen LogP contribution is 1.84. The van der Waals surface area contributed by atoms with Crippen molar-refractivity contribution >= 4 is 5.71 Å². The first-order valence-electron chi connectivity index (χ1n) is 4.07. The van der Waals surface area contributed by atoms with Gasteiger partial charge in [-0.3, -0.25) is 0 Å². The van der Waals surface area contributed by atoms with E-state index in [1.807, 2.05) is 6.92 Å². The average Bonchev–Trinajstić information content (AvgIpc) is 1.98. The fourth-order valence-corrected chi connectivity index (χ4v) is 0.526. The quantitative estimate of drug-likeness (QED) is 0.355. The average molecular weight is 142 g/mol. The zero-order chi connectivity index (χ0) is 7.82. The molecule has 2 nitrogen and oxygen atoms in total. The van der Waals surface area contributed by atoms with Gasteiger partial charge in [0.1, 0.15) is 0 Å². The summed E-state index contributed by atoms with van der Waals surface area (Å²) in [6.07, 6.45) is 3.48. The molecule has 0 saturated carbocycles. The predicted molar refractivity (Wildman–Crippen MR) is 46.3 cm³/mol. The molecule has 0 aromatic carbocycles. The van der Waals surface area contributed by atoms with E-state index in [1.165, 1.54) is 18.6 Å². The van der Waals surface area contributed by atoms with Gasteiger partial charge in [0, 0.05) is 12.3 Å². The fourth-order valence-electron chi connectivity index (χ4n) is 0.526. The van der Waals surface area contributed by atoms with Crippen LogP contribution in [0.25, 0.3) is 0 Å². The van der Waals surface area contributed by atoms with Crippen LogP contribution in [0.3, 0.4) is 0 Å². The van der Waals surface area contributed by atoms with Crippen molar-refractivity contribution in [2.24, 2.45) is 5.10 Å². The molecule has 0 saturated heterocycles. The van der Waals surface area contributed by atoms with E-state index in [1.54, 1.807) is 0 Å². The second kappa shape index (κ2) is 6.59. The van der Waals surface area contributed by atoms with Gasteiger partial charge in [0.2, 0.25) is 0 Å². The van der Waals surface area contributed by atoms with Crippen LogP contribution in [0.15, 0.2) is 5.10 Å². The van der Waals surface area contributed by atoms with Crippen LogP contribution in [0.5, 0.6) is 0 Å². The summed E-state index contributed by atoms with van der Waals surface area (Å²) in [7, 11) is 0. The minimum Gasteiger partial charge on any atom is -0.310 e. The molecule has 0 bridgehead atoms. The van der Waals surface area contributed by atoms with Gasteiger partial charge in [-0.2, -0.15) is 5.10 Å². The zero-order valence-corrected chi connectivity index (χ0v) is 7.28. The van der Waals surface area contributed by atoms with Crippen molar-refractivity contribution in [3.8, 4) is 0 Å². The maximum atomic E-state index is 4.15. The van der Waals surface area contributed by atoms with Gasteiger partial charge in [0.05, 0.1) is 0 Å². The Bertz CT molecular complexity index is 97.4. The standard InChI is InChI=1S/C8H18N2/c1-4-6-7-9-10-8(3)5-2/h9H,4-7H2,1-3H3/b10-8+. The minimum absolute atomic E-state index is 1.01. The van der Waals surface area contributed by atoms with Gasteiger partial charge in [-0.15, -0.1) is 0 Å². The van der Waals surface area contributed by atoms with Gasteiger partial charge >= 0.3 is 0 Å². The lowest BCUT2D eigenvalue weighted by Gasteiger charge is -1.98. The Kier molecular flexibility index (Phi) is 6.24. The highest BCUT2D eigenvalue weighted by Gasteiger charge is 1.83. The molecular formula is C8H18N2. The van der Waals surface area contributed by atoms with Gasteiger partial charge in [0.25, 0.3) is 0 Å². The highest BCUT2D eigenvalue weighted by molar-refractivity contribution is 5.81. The Labute approximate surface area is 63.7 Å². The smallest absolute Gasteiger partial charge is 0.0344 e. The summed E-state index contributed by atoms with van der Waals surface area (Å²) < 4.78 is 0. The minimum atomic E-state index is 1.01. The van der Waals surface area contributed by atoms with Crippen LogP contribution < -0.4 is 5.43 Å². The van der Waals surface area contributed by atoms with Crippen LogP contribution in [0.4, 0.5) is 0 Å². The van der Waals surface area contributed by atoms with E-state index >= 15 is 0 Å². The number of hydrogen-bond acceptors (Lipinski definition) is 2. The Morgan fingerprint density at radius 2 is 2.10 bits per heavy atom. The summed E-state index contributed by atoms with van der Waals surface area (Å²) >= 11 is 0. The maximum Gasteiger partial charge on any atom is 0.0344 e. The van der Waals surface area contributed by atoms with Crippen LogP contribution in [0.2, 0.25) is 0 Å². The van der Waals surface area contributed by atoms with Crippen molar-refractivity contribution in [3.05, 3.63) is 0 Å². The van der Waals surface area contributed by atoms with E-state index in [4.69, 9.17) is 0 Å². The molecule has 0 unspecified atom stereocenters. The molecule has 0 amide bonds. The van der Waals surface area contributed by atoms with Crippen LogP contribution in [-0.2, 0) is 0 Å². The van der Waals surface area contributed by atoms with Crippen molar-refractivity contribution in [1.29, 1.82) is 0 Å². The van der Waals surface area contributed by atoms with Crippen molar-refractivity contribution in [3.63, 3.8) is 0 Å². The number of nitrogens with one attached hydrogen (secondary N) is 1. The number of hydrazone groups is 1. The predicted octanol–water partition coefficient (Wildman–Crippen LogP) is 2.16. The van der Waals surface area contributed by atoms with Crippen LogP contribution in [0, 0.1) is 0 Å². The van der Waals surface area contributed by atoms with Crippen molar-refractivity contribution in [2.45, 2.75) is 40.0 Å². The van der Waals surface area contributed by atoms with Crippen molar-refractivity contribution in [1.82, 2.24) is 5.43 Å². The third-order valence-corrected chi connectivity index (χ3v) is 1.42. The van der Waals surface area contributed by atoms with Gasteiger partial charge in [0.15, 0.2) is 0 Å². The molecule has 0 heterocycles. The summed E-state index contributed by atoms with van der Waals surface area (Å²) in [5.74, 6) is 0. The van der Waals surface area contributed by atoms with E-state index in [2.05, 4.69) is 24.4 Å². The Morgan fingerprint density at radius 3 is 2.60 bits per heavy atom. The summed E-state index contributed by atoms with van der Waals surface area (Å²) in [6.45, 7) is 7.34. The van der Waals surface area contributed by atoms with E-state index in [-0.39, 0.29) is 0 Å². The van der Waals surface area contributed by atoms with Crippen molar-refractivity contribution in [2.75, 3.05) is 6.54 Å². The van der Waals surface area contributed by atoms with E-state index in [0.29, 0.717) is 0 Å². The molecule has 0 radical (unpaired) electrons. The molecule has 0 spiro atoms. The lowest BCUT2D eigenvalue weighted by molar-refractivity contribution is 0.669. The lowest BCUT2D eigenvalue weighted by Crippen LogP contribution is -2.09. The molecule has 60 valence electrons. The van der Waals surface area contributed by atoms with Gasteiger partial charge in [-0.25, -0.2) is 0 Å². The Balaban J connectivity index is 3.16. The molecule has 1 N–H and O–H groups in total. The van der Waals surface area contributed by atoms with Crippen LogP contribution >= 0.6 is 0 Å².